The van der Waals surface area contributed by atoms with Gasteiger partial charge >= 0.3 is 0 Å². The lowest BCUT2D eigenvalue weighted by Crippen LogP contribution is -1.97. The molecule has 5 nitrogen and oxygen atoms in total. The maximum absolute atomic E-state index is 11.5. The number of hydrogen-bond donors (Lipinski definition) is 0. The van der Waals surface area contributed by atoms with Crippen molar-refractivity contribution in [1.29, 1.82) is 0 Å². The lowest BCUT2D eigenvalue weighted by Gasteiger charge is -2.10. The monoisotopic (exact) mass is 291 g/mol. The zero-order valence-corrected chi connectivity index (χ0v) is 11.3. The molecule has 0 N–H and O–H groups in total. The second-order valence-corrected chi connectivity index (χ2v) is 4.43. The quantitative estimate of drug-likeness (QED) is 0.480. The van der Waals surface area contributed by atoms with E-state index >= 15 is 0 Å². The maximum Gasteiger partial charge on any atom is 0.271 e. The van der Waals surface area contributed by atoms with Crippen LogP contribution in [0.15, 0.2) is 42.5 Å². The van der Waals surface area contributed by atoms with Crippen molar-refractivity contribution in [2.24, 2.45) is 0 Å². The van der Waals surface area contributed by atoms with Gasteiger partial charge in [0.2, 0.25) is 0 Å². The predicted molar refractivity (Wildman–Crippen MR) is 74.6 cm³/mol. The van der Waals surface area contributed by atoms with Crippen LogP contribution >= 0.6 is 11.6 Å². The first-order valence-electron chi connectivity index (χ1n) is 5.71. The average molecular weight is 292 g/mol. The molecular formula is C14H10ClNO4. The number of benzene rings is 2. The summed E-state index contributed by atoms with van der Waals surface area (Å²) in [5, 5.41) is 10.7. The first-order chi connectivity index (χ1) is 9.49. The molecule has 0 saturated carbocycles. The van der Waals surface area contributed by atoms with Crippen molar-refractivity contribution >= 4 is 23.1 Å². The Morgan fingerprint density at radius 2 is 1.90 bits per heavy atom. The lowest BCUT2D eigenvalue weighted by molar-refractivity contribution is -0.384. The molecule has 2 rings (SSSR count). The van der Waals surface area contributed by atoms with Crippen LogP contribution in [0.3, 0.4) is 0 Å². The number of hydrogen-bond acceptors (Lipinski definition) is 4. The third-order valence-corrected chi connectivity index (χ3v) is 2.91. The highest BCUT2D eigenvalue weighted by Gasteiger charge is 2.13. The summed E-state index contributed by atoms with van der Waals surface area (Å²) < 4.78 is 5.56. The molecule has 2 aromatic carbocycles. The number of nitro groups is 1. The Morgan fingerprint density at radius 1 is 1.20 bits per heavy atom. The van der Waals surface area contributed by atoms with E-state index in [9.17, 15) is 14.9 Å². The van der Waals surface area contributed by atoms with Gasteiger partial charge in [-0.1, -0.05) is 23.7 Å². The number of nitrogens with zero attached hydrogens (tertiary/aromatic N) is 1. The van der Waals surface area contributed by atoms with E-state index in [1.165, 1.54) is 25.1 Å². The summed E-state index contributed by atoms with van der Waals surface area (Å²) in [6, 6.07) is 10.6. The molecule has 0 aromatic heterocycles. The van der Waals surface area contributed by atoms with Crippen LogP contribution in [0.25, 0.3) is 0 Å². The number of carbonyl (C=O) groups excluding carboxylic acids is 1. The van der Waals surface area contributed by atoms with Gasteiger partial charge in [0.1, 0.15) is 11.5 Å². The number of non-ortho nitro benzene ring substituents is 1. The van der Waals surface area contributed by atoms with Crippen LogP contribution in [-0.2, 0) is 0 Å². The van der Waals surface area contributed by atoms with E-state index in [1.54, 1.807) is 24.3 Å². The number of para-hydroxylation sites is 1. The molecule has 0 bridgehead atoms. The second kappa shape index (κ2) is 5.71. The summed E-state index contributed by atoms with van der Waals surface area (Å²) in [7, 11) is 0. The molecule has 0 aliphatic carbocycles. The van der Waals surface area contributed by atoms with Crippen molar-refractivity contribution in [2.75, 3.05) is 0 Å². The molecule has 2 aromatic rings. The standard InChI is InChI=1S/C14H10ClNO4/c1-9(17)11-4-2-3-5-13(11)20-14-7-6-10(16(18)19)8-12(14)15/h2-8H,1H3. The molecule has 102 valence electrons. The number of ketones is 1. The van der Waals surface area contributed by atoms with E-state index in [0.29, 0.717) is 11.3 Å². The normalized spacial score (nSPS) is 10.1. The molecule has 0 atom stereocenters. The highest BCUT2D eigenvalue weighted by atomic mass is 35.5. The van der Waals surface area contributed by atoms with Crippen LogP contribution in [0.4, 0.5) is 5.69 Å². The van der Waals surface area contributed by atoms with Crippen LogP contribution in [0.2, 0.25) is 5.02 Å². The Labute approximate surface area is 119 Å². The Kier molecular flexibility index (Phi) is 4.00. The van der Waals surface area contributed by atoms with E-state index < -0.39 is 4.92 Å². The van der Waals surface area contributed by atoms with E-state index in [0.717, 1.165) is 0 Å². The molecule has 0 saturated heterocycles. The zero-order chi connectivity index (χ0) is 14.7. The van der Waals surface area contributed by atoms with Gasteiger partial charge in [0.05, 0.1) is 15.5 Å². The number of halogens is 1. The topological polar surface area (TPSA) is 69.4 Å². The van der Waals surface area contributed by atoms with Crippen molar-refractivity contribution < 1.29 is 14.5 Å². The first kappa shape index (κ1) is 14.0. The van der Waals surface area contributed by atoms with Gasteiger partial charge in [-0.3, -0.25) is 14.9 Å². The van der Waals surface area contributed by atoms with Gasteiger partial charge in [-0.25, -0.2) is 0 Å². The zero-order valence-electron chi connectivity index (χ0n) is 10.5. The van der Waals surface area contributed by atoms with Gasteiger partial charge in [0.25, 0.3) is 5.69 Å². The predicted octanol–water partition coefficient (Wildman–Crippen LogP) is 4.24. The summed E-state index contributed by atoms with van der Waals surface area (Å²) in [4.78, 5) is 21.6. The molecule has 0 amide bonds. The molecule has 0 heterocycles. The maximum atomic E-state index is 11.5. The molecule has 6 heteroatoms. The fourth-order valence-electron chi connectivity index (χ4n) is 1.65. The molecule has 0 unspecified atom stereocenters. The van der Waals surface area contributed by atoms with Gasteiger partial charge in [-0.15, -0.1) is 0 Å². The number of nitro benzene ring substituents is 1. The largest absolute Gasteiger partial charge is 0.455 e. The van der Waals surface area contributed by atoms with Crippen molar-refractivity contribution in [3.05, 3.63) is 63.2 Å². The van der Waals surface area contributed by atoms with Crippen LogP contribution in [0, 0.1) is 10.1 Å². The molecule has 0 aliphatic rings. The third kappa shape index (κ3) is 2.95. The average Bonchev–Trinajstić information content (AvgIpc) is 2.41. The fourth-order valence-corrected chi connectivity index (χ4v) is 1.86. The first-order valence-corrected chi connectivity index (χ1v) is 6.08. The Morgan fingerprint density at radius 3 is 2.50 bits per heavy atom. The van der Waals surface area contributed by atoms with Gasteiger partial charge in [0, 0.05) is 12.1 Å². The van der Waals surface area contributed by atoms with Crippen molar-refractivity contribution in [3.8, 4) is 11.5 Å². The summed E-state index contributed by atoms with van der Waals surface area (Å²) in [6.45, 7) is 1.43. The van der Waals surface area contributed by atoms with E-state index in [1.807, 2.05) is 0 Å². The number of Topliss-reactive ketones (excluding diaryl/α,β-unsaturated/α-hetero) is 1. The highest BCUT2D eigenvalue weighted by Crippen LogP contribution is 2.33. The molecule has 0 spiro atoms. The van der Waals surface area contributed by atoms with Crippen LogP contribution in [0.5, 0.6) is 11.5 Å². The Balaban J connectivity index is 2.36. The highest BCUT2D eigenvalue weighted by molar-refractivity contribution is 6.32. The summed E-state index contributed by atoms with van der Waals surface area (Å²) in [5.74, 6) is 0.473. The fraction of sp³-hybridized carbons (Fsp3) is 0.0714. The van der Waals surface area contributed by atoms with Gasteiger partial charge in [-0.05, 0) is 25.1 Å². The van der Waals surface area contributed by atoms with E-state index in [2.05, 4.69) is 0 Å². The lowest BCUT2D eigenvalue weighted by atomic mass is 10.1. The van der Waals surface area contributed by atoms with Crippen LogP contribution in [-0.4, -0.2) is 10.7 Å². The molecule has 0 fully saturated rings. The van der Waals surface area contributed by atoms with Crippen molar-refractivity contribution in [1.82, 2.24) is 0 Å². The minimum Gasteiger partial charge on any atom is -0.455 e. The molecule has 20 heavy (non-hydrogen) atoms. The third-order valence-electron chi connectivity index (χ3n) is 2.61. The number of carbonyl (C=O) groups is 1. The smallest absolute Gasteiger partial charge is 0.271 e. The van der Waals surface area contributed by atoms with E-state index in [-0.39, 0.29) is 22.2 Å². The molecule has 0 radical (unpaired) electrons. The Hall–Kier alpha value is -2.40. The summed E-state index contributed by atoms with van der Waals surface area (Å²) in [5.41, 5.74) is 0.295. The second-order valence-electron chi connectivity index (χ2n) is 4.03. The molecular weight excluding hydrogens is 282 g/mol. The SMILES string of the molecule is CC(=O)c1ccccc1Oc1ccc([N+](=O)[O-])cc1Cl. The van der Waals surface area contributed by atoms with Crippen molar-refractivity contribution in [3.63, 3.8) is 0 Å². The molecule has 0 aliphatic heterocycles. The van der Waals surface area contributed by atoms with Gasteiger partial charge in [0.15, 0.2) is 5.78 Å². The summed E-state index contributed by atoms with van der Waals surface area (Å²) in [6.07, 6.45) is 0. The van der Waals surface area contributed by atoms with E-state index in [4.69, 9.17) is 16.3 Å². The van der Waals surface area contributed by atoms with Gasteiger partial charge in [-0.2, -0.15) is 0 Å². The van der Waals surface area contributed by atoms with Crippen LogP contribution < -0.4 is 4.74 Å². The minimum atomic E-state index is -0.542. The van der Waals surface area contributed by atoms with Crippen LogP contribution in [0.1, 0.15) is 17.3 Å². The Bertz CT molecular complexity index is 685. The minimum absolute atomic E-state index is 0.109. The summed E-state index contributed by atoms with van der Waals surface area (Å²) >= 11 is 5.94. The van der Waals surface area contributed by atoms with Gasteiger partial charge < -0.3 is 4.74 Å². The number of ether oxygens (including phenoxy) is 1. The van der Waals surface area contributed by atoms with Crippen molar-refractivity contribution in [2.45, 2.75) is 6.92 Å². The number of rotatable bonds is 4.